The highest BCUT2D eigenvalue weighted by Crippen LogP contribution is 2.25. The zero-order valence-electron chi connectivity index (χ0n) is 8.21. The summed E-state index contributed by atoms with van der Waals surface area (Å²) < 4.78 is 0. The zero-order valence-corrected chi connectivity index (χ0v) is 9.03. The lowest BCUT2D eigenvalue weighted by Crippen LogP contribution is -2.08. The summed E-state index contributed by atoms with van der Waals surface area (Å²) in [6.45, 7) is 0. The molecule has 1 aliphatic carbocycles. The van der Waals surface area contributed by atoms with Crippen LogP contribution in [0.3, 0.4) is 0 Å². The fraction of sp³-hybridized carbons (Fsp3) is 0.455. The predicted octanol–water partition coefficient (Wildman–Crippen LogP) is 2.66. The molecule has 72 valence electrons. The van der Waals surface area contributed by atoms with E-state index in [2.05, 4.69) is 37.2 Å². The molecule has 0 atom stereocenters. The lowest BCUT2D eigenvalue weighted by atomic mass is 10.1. The van der Waals surface area contributed by atoms with Gasteiger partial charge in [0.1, 0.15) is 0 Å². The van der Waals surface area contributed by atoms with E-state index in [0.29, 0.717) is 0 Å². The third kappa shape index (κ3) is 1.97. The van der Waals surface area contributed by atoms with E-state index in [9.17, 15) is 0 Å². The number of aryl methyl sites for hydroxylation is 2. The third-order valence-electron chi connectivity index (χ3n) is 2.60. The molecule has 1 aromatic carbocycles. The Kier molecular flexibility index (Phi) is 3.21. The van der Waals surface area contributed by atoms with Crippen LogP contribution in [0.15, 0.2) is 18.2 Å². The van der Waals surface area contributed by atoms with Crippen molar-refractivity contribution >= 4 is 18.1 Å². The molecule has 0 fully saturated rings. The second-order valence-corrected chi connectivity index (χ2v) is 3.70. The van der Waals surface area contributed by atoms with Gasteiger partial charge in [-0.25, -0.2) is 0 Å². The minimum Gasteiger partial charge on any atom is -0.378 e. The Morgan fingerprint density at radius 3 is 2.46 bits per heavy atom. The molecule has 0 aromatic heterocycles. The zero-order chi connectivity index (χ0) is 8.55. The lowest BCUT2D eigenvalue weighted by Gasteiger charge is -2.13. The summed E-state index contributed by atoms with van der Waals surface area (Å²) >= 11 is 0. The maximum atomic E-state index is 2.32. The number of rotatable bonds is 1. The highest BCUT2D eigenvalue weighted by atomic mass is 35.5. The van der Waals surface area contributed by atoms with Gasteiger partial charge in [0.25, 0.3) is 0 Å². The van der Waals surface area contributed by atoms with E-state index in [-0.39, 0.29) is 12.4 Å². The summed E-state index contributed by atoms with van der Waals surface area (Å²) in [6.07, 6.45) is 3.90. The Hall–Kier alpha value is -0.690. The van der Waals surface area contributed by atoms with Crippen LogP contribution < -0.4 is 4.90 Å². The lowest BCUT2D eigenvalue weighted by molar-refractivity contribution is 0.911. The van der Waals surface area contributed by atoms with Crippen LogP contribution in [0.4, 0.5) is 5.69 Å². The Bertz CT molecular complexity index is 294. The molecule has 0 saturated carbocycles. The molecule has 1 aliphatic rings. The predicted molar refractivity (Wildman–Crippen MR) is 60.0 cm³/mol. The van der Waals surface area contributed by atoms with Crippen LogP contribution >= 0.6 is 12.4 Å². The van der Waals surface area contributed by atoms with Gasteiger partial charge in [-0.15, -0.1) is 12.4 Å². The first-order valence-corrected chi connectivity index (χ1v) is 4.56. The van der Waals surface area contributed by atoms with Crippen molar-refractivity contribution in [1.82, 2.24) is 0 Å². The number of fused-ring (bicyclic) bond motifs is 1. The van der Waals surface area contributed by atoms with Crippen molar-refractivity contribution in [3.63, 3.8) is 0 Å². The van der Waals surface area contributed by atoms with Crippen LogP contribution in [0.2, 0.25) is 0 Å². The van der Waals surface area contributed by atoms with Gasteiger partial charge in [-0.3, -0.25) is 0 Å². The quantitative estimate of drug-likeness (QED) is 0.669. The van der Waals surface area contributed by atoms with Crippen molar-refractivity contribution in [3.8, 4) is 0 Å². The van der Waals surface area contributed by atoms with Gasteiger partial charge >= 0.3 is 0 Å². The van der Waals surface area contributed by atoms with Crippen LogP contribution in [0, 0.1) is 0 Å². The molecule has 13 heavy (non-hydrogen) atoms. The summed E-state index contributed by atoms with van der Waals surface area (Å²) in [5, 5.41) is 0. The minimum atomic E-state index is 0. The van der Waals surface area contributed by atoms with Gasteiger partial charge in [-0.1, -0.05) is 6.07 Å². The van der Waals surface area contributed by atoms with E-state index >= 15 is 0 Å². The molecule has 0 radical (unpaired) electrons. The van der Waals surface area contributed by atoms with Crippen molar-refractivity contribution in [1.29, 1.82) is 0 Å². The van der Waals surface area contributed by atoms with Gasteiger partial charge < -0.3 is 4.90 Å². The SMILES string of the molecule is CN(C)c1ccc2c(c1)CCC2.Cl. The van der Waals surface area contributed by atoms with E-state index in [1.807, 2.05) is 0 Å². The van der Waals surface area contributed by atoms with Gasteiger partial charge in [-0.2, -0.15) is 0 Å². The van der Waals surface area contributed by atoms with Crippen LogP contribution in [0.1, 0.15) is 17.5 Å². The smallest absolute Gasteiger partial charge is 0.0363 e. The standard InChI is InChI=1S/C11H15N.ClH/c1-12(2)11-7-6-9-4-3-5-10(9)8-11;/h6-8H,3-5H2,1-2H3;1H. The van der Waals surface area contributed by atoms with Crippen molar-refractivity contribution in [2.75, 3.05) is 19.0 Å². The molecular formula is C11H16ClN. The Morgan fingerprint density at radius 1 is 1.08 bits per heavy atom. The molecular weight excluding hydrogens is 182 g/mol. The second-order valence-electron chi connectivity index (χ2n) is 3.70. The van der Waals surface area contributed by atoms with Crippen molar-refractivity contribution in [3.05, 3.63) is 29.3 Å². The van der Waals surface area contributed by atoms with Crippen LogP contribution in [0.25, 0.3) is 0 Å². The van der Waals surface area contributed by atoms with E-state index in [4.69, 9.17) is 0 Å². The summed E-state index contributed by atoms with van der Waals surface area (Å²) in [5.74, 6) is 0. The maximum Gasteiger partial charge on any atom is 0.0363 e. The van der Waals surface area contributed by atoms with E-state index < -0.39 is 0 Å². The number of nitrogens with zero attached hydrogens (tertiary/aromatic N) is 1. The summed E-state index contributed by atoms with van der Waals surface area (Å²) in [5.41, 5.74) is 4.44. The molecule has 0 amide bonds. The first-order valence-electron chi connectivity index (χ1n) is 4.56. The molecule has 0 N–H and O–H groups in total. The Labute approximate surface area is 86.2 Å². The molecule has 2 heteroatoms. The second kappa shape index (κ2) is 4.01. The first kappa shape index (κ1) is 10.4. The van der Waals surface area contributed by atoms with Gasteiger partial charge in [0, 0.05) is 19.8 Å². The average Bonchev–Trinajstić information content (AvgIpc) is 2.49. The first-order chi connectivity index (χ1) is 5.77. The fourth-order valence-corrected chi connectivity index (χ4v) is 1.84. The maximum absolute atomic E-state index is 2.32. The van der Waals surface area contributed by atoms with Gasteiger partial charge in [-0.05, 0) is 42.5 Å². The third-order valence-corrected chi connectivity index (χ3v) is 2.60. The normalized spacial score (nSPS) is 13.4. The van der Waals surface area contributed by atoms with Crippen molar-refractivity contribution in [2.45, 2.75) is 19.3 Å². The van der Waals surface area contributed by atoms with Crippen LogP contribution in [0.5, 0.6) is 0 Å². The Balaban J connectivity index is 0.000000845. The van der Waals surface area contributed by atoms with Crippen LogP contribution in [-0.4, -0.2) is 14.1 Å². The topological polar surface area (TPSA) is 3.24 Å². The van der Waals surface area contributed by atoms with Crippen molar-refractivity contribution in [2.24, 2.45) is 0 Å². The summed E-state index contributed by atoms with van der Waals surface area (Å²) in [6, 6.07) is 6.81. The summed E-state index contributed by atoms with van der Waals surface area (Å²) in [4.78, 5) is 2.17. The molecule has 1 nitrogen and oxygen atoms in total. The van der Waals surface area contributed by atoms with Gasteiger partial charge in [0.05, 0.1) is 0 Å². The number of anilines is 1. The van der Waals surface area contributed by atoms with Crippen LogP contribution in [-0.2, 0) is 12.8 Å². The Morgan fingerprint density at radius 2 is 1.77 bits per heavy atom. The monoisotopic (exact) mass is 197 g/mol. The largest absolute Gasteiger partial charge is 0.378 e. The number of hydrogen-bond donors (Lipinski definition) is 0. The average molecular weight is 198 g/mol. The number of halogens is 1. The molecule has 0 heterocycles. The minimum absolute atomic E-state index is 0. The molecule has 0 unspecified atom stereocenters. The number of hydrogen-bond acceptors (Lipinski definition) is 1. The van der Waals surface area contributed by atoms with E-state index in [0.717, 1.165) is 0 Å². The molecule has 0 spiro atoms. The van der Waals surface area contributed by atoms with E-state index in [1.54, 1.807) is 11.1 Å². The molecule has 1 aromatic rings. The number of benzene rings is 1. The molecule has 0 saturated heterocycles. The van der Waals surface area contributed by atoms with Crippen molar-refractivity contribution < 1.29 is 0 Å². The van der Waals surface area contributed by atoms with Gasteiger partial charge in [0.15, 0.2) is 0 Å². The fourth-order valence-electron chi connectivity index (χ4n) is 1.84. The highest BCUT2D eigenvalue weighted by molar-refractivity contribution is 5.85. The van der Waals surface area contributed by atoms with E-state index in [1.165, 1.54) is 24.9 Å². The van der Waals surface area contributed by atoms with Gasteiger partial charge in [0.2, 0.25) is 0 Å². The highest BCUT2D eigenvalue weighted by Gasteiger charge is 2.10. The molecule has 0 bridgehead atoms. The summed E-state index contributed by atoms with van der Waals surface area (Å²) in [7, 11) is 4.19. The molecule has 2 rings (SSSR count). The molecule has 0 aliphatic heterocycles.